The Bertz CT molecular complexity index is 894. The van der Waals surface area contributed by atoms with Crippen molar-refractivity contribution in [2.45, 2.75) is 216 Å². The van der Waals surface area contributed by atoms with Gasteiger partial charge in [-0.15, -0.1) is 0 Å². The van der Waals surface area contributed by atoms with Crippen molar-refractivity contribution in [3.63, 3.8) is 0 Å². The number of carbonyl (C=O) groups is 1. The Morgan fingerprint density at radius 3 is 1.29 bits per heavy atom. The average molecular weight is 737 g/mol. The summed E-state index contributed by atoms with van der Waals surface area (Å²) in [6, 6.07) is 0. The van der Waals surface area contributed by atoms with Gasteiger partial charge in [-0.2, -0.15) is 0 Å². The number of aliphatic hydroxyl groups is 8. The van der Waals surface area contributed by atoms with E-state index in [9.17, 15) is 45.6 Å². The molecule has 302 valence electrons. The zero-order valence-corrected chi connectivity index (χ0v) is 31.3. The number of carbonyl (C=O) groups excluding carboxylic acids is 1. The van der Waals surface area contributed by atoms with Crippen LogP contribution in [0, 0.1) is 0 Å². The number of hydrogen-bond acceptors (Lipinski definition) is 13. The lowest BCUT2D eigenvalue weighted by Gasteiger charge is -2.49. The predicted molar refractivity (Wildman–Crippen MR) is 190 cm³/mol. The standard InChI is InChI=1S/C38H72O13/c1-2-3-4-5-6-7-8-9-10-11-12-13-14-15-16-17-18-19-20-21-22-23-24-25-31(42)50-38(36(47)34(45)32(43)29(26-39)49-38)51-37(28-41)35(46)33(44)30(27-40)48-37/h29-30,32-36,39-41,43-47H,2-28H2,1H3/t29-,30-,32-,33-,34+,35+,36-,37?,38+/m1/s1. The van der Waals surface area contributed by atoms with Gasteiger partial charge in [-0.1, -0.05) is 148 Å². The molecule has 51 heavy (non-hydrogen) atoms. The zero-order chi connectivity index (χ0) is 37.5. The number of hydrogen-bond donors (Lipinski definition) is 8. The molecule has 0 amide bonds. The van der Waals surface area contributed by atoms with Crippen LogP contribution in [0.25, 0.3) is 0 Å². The Balaban J connectivity index is 1.60. The maximum Gasteiger partial charge on any atom is 0.362 e. The van der Waals surface area contributed by atoms with Crippen molar-refractivity contribution in [3.05, 3.63) is 0 Å². The average Bonchev–Trinajstić information content (AvgIpc) is 3.37. The molecular weight excluding hydrogens is 664 g/mol. The van der Waals surface area contributed by atoms with Crippen LogP contribution in [0.3, 0.4) is 0 Å². The molecule has 0 aromatic rings. The highest BCUT2D eigenvalue weighted by Crippen LogP contribution is 2.41. The lowest BCUT2D eigenvalue weighted by molar-refractivity contribution is -0.498. The molecule has 2 saturated heterocycles. The van der Waals surface area contributed by atoms with Gasteiger partial charge >= 0.3 is 11.9 Å². The highest BCUT2D eigenvalue weighted by molar-refractivity contribution is 5.69. The molecule has 13 heteroatoms. The minimum atomic E-state index is -2.95. The first-order valence-corrected chi connectivity index (χ1v) is 20.1. The van der Waals surface area contributed by atoms with E-state index in [2.05, 4.69) is 6.92 Å². The van der Waals surface area contributed by atoms with E-state index in [1.807, 2.05) is 0 Å². The van der Waals surface area contributed by atoms with Crippen molar-refractivity contribution < 1.29 is 64.6 Å². The van der Waals surface area contributed by atoms with Crippen molar-refractivity contribution in [1.82, 2.24) is 0 Å². The molecule has 2 fully saturated rings. The molecule has 2 heterocycles. The normalized spacial score (nSPS) is 31.0. The van der Waals surface area contributed by atoms with Gasteiger partial charge in [0.25, 0.3) is 0 Å². The van der Waals surface area contributed by atoms with Crippen molar-refractivity contribution in [1.29, 1.82) is 0 Å². The van der Waals surface area contributed by atoms with Crippen LogP contribution in [-0.2, 0) is 23.7 Å². The molecule has 2 aliphatic heterocycles. The topological polar surface area (TPSA) is 216 Å². The molecule has 9 atom stereocenters. The highest BCUT2D eigenvalue weighted by atomic mass is 16.9. The molecule has 0 saturated carbocycles. The Hall–Kier alpha value is -0.970. The van der Waals surface area contributed by atoms with E-state index in [-0.39, 0.29) is 6.42 Å². The van der Waals surface area contributed by atoms with Gasteiger partial charge < -0.3 is 55.1 Å². The second kappa shape index (κ2) is 25.9. The van der Waals surface area contributed by atoms with Gasteiger partial charge in [-0.25, -0.2) is 0 Å². The van der Waals surface area contributed by atoms with Crippen LogP contribution in [0.1, 0.15) is 161 Å². The Kier molecular flexibility index (Phi) is 23.5. The number of ether oxygens (including phenoxy) is 4. The van der Waals surface area contributed by atoms with Crippen LogP contribution in [0.5, 0.6) is 0 Å². The van der Waals surface area contributed by atoms with Gasteiger partial charge in [0, 0.05) is 6.42 Å². The van der Waals surface area contributed by atoms with Crippen molar-refractivity contribution >= 4 is 5.97 Å². The molecule has 8 N–H and O–H groups in total. The van der Waals surface area contributed by atoms with Gasteiger partial charge in [0.2, 0.25) is 5.79 Å². The molecule has 0 aliphatic carbocycles. The second-order valence-electron chi connectivity index (χ2n) is 14.7. The minimum Gasteiger partial charge on any atom is -0.405 e. The first-order chi connectivity index (χ1) is 24.6. The summed E-state index contributed by atoms with van der Waals surface area (Å²) >= 11 is 0. The smallest absolute Gasteiger partial charge is 0.362 e. The van der Waals surface area contributed by atoms with Crippen molar-refractivity contribution in [3.8, 4) is 0 Å². The van der Waals surface area contributed by atoms with Crippen molar-refractivity contribution in [2.24, 2.45) is 0 Å². The Morgan fingerprint density at radius 1 is 0.529 bits per heavy atom. The fourth-order valence-corrected chi connectivity index (χ4v) is 7.06. The third-order valence-corrected chi connectivity index (χ3v) is 10.4. The summed E-state index contributed by atoms with van der Waals surface area (Å²) in [5.74, 6) is -6.44. The van der Waals surface area contributed by atoms with Gasteiger partial charge in [-0.05, 0) is 6.42 Å². The molecule has 0 radical (unpaired) electrons. The van der Waals surface area contributed by atoms with Crippen LogP contribution in [0.2, 0.25) is 0 Å². The molecule has 2 rings (SSSR count). The molecule has 0 spiro atoms. The van der Waals surface area contributed by atoms with Gasteiger partial charge in [0.1, 0.15) is 43.2 Å². The third-order valence-electron chi connectivity index (χ3n) is 10.4. The van der Waals surface area contributed by atoms with E-state index in [1.165, 1.54) is 116 Å². The Labute approximate surface area is 305 Å². The highest BCUT2D eigenvalue weighted by Gasteiger charge is 2.65. The fraction of sp³-hybridized carbons (Fsp3) is 0.974. The number of esters is 1. The quantitative estimate of drug-likeness (QED) is 0.0299. The van der Waals surface area contributed by atoms with Crippen molar-refractivity contribution in [2.75, 3.05) is 19.8 Å². The zero-order valence-electron chi connectivity index (χ0n) is 31.3. The largest absolute Gasteiger partial charge is 0.405 e. The van der Waals surface area contributed by atoms with E-state index in [0.29, 0.717) is 6.42 Å². The van der Waals surface area contributed by atoms with E-state index >= 15 is 0 Å². The summed E-state index contributed by atoms with van der Waals surface area (Å²) in [6.07, 6.45) is 15.5. The third kappa shape index (κ3) is 15.4. The maximum absolute atomic E-state index is 12.9. The molecule has 0 aromatic carbocycles. The molecule has 2 aliphatic rings. The van der Waals surface area contributed by atoms with E-state index < -0.39 is 80.3 Å². The summed E-state index contributed by atoms with van der Waals surface area (Å²) < 4.78 is 21.8. The number of rotatable bonds is 30. The maximum atomic E-state index is 12.9. The predicted octanol–water partition coefficient (Wildman–Crippen LogP) is 3.86. The minimum absolute atomic E-state index is 0.125. The summed E-state index contributed by atoms with van der Waals surface area (Å²) in [5, 5.41) is 81.8. The van der Waals surface area contributed by atoms with Crippen LogP contribution in [0.4, 0.5) is 0 Å². The molecular formula is C38H72O13. The monoisotopic (exact) mass is 736 g/mol. The van der Waals surface area contributed by atoms with E-state index in [0.717, 1.165) is 25.7 Å². The SMILES string of the molecule is CCCCCCCCCCCCCCCCCCCCCCCCCC(=O)O[C@@]1(OC2(CO)O[C@H](CO)[C@@H](O)[C@@H]2O)O[C@H](CO)[C@@H](O)[C@H](O)[C@H]1O. The van der Waals surface area contributed by atoms with E-state index in [4.69, 9.17) is 18.9 Å². The van der Waals surface area contributed by atoms with Crippen LogP contribution < -0.4 is 0 Å². The molecule has 1 unspecified atom stereocenters. The van der Waals surface area contributed by atoms with E-state index in [1.54, 1.807) is 0 Å². The van der Waals surface area contributed by atoms with Crippen LogP contribution >= 0.6 is 0 Å². The van der Waals surface area contributed by atoms with Crippen LogP contribution in [0.15, 0.2) is 0 Å². The lowest BCUT2D eigenvalue weighted by atomic mass is 9.97. The summed E-state index contributed by atoms with van der Waals surface area (Å²) in [7, 11) is 0. The summed E-state index contributed by atoms with van der Waals surface area (Å²) in [5.41, 5.74) is 0. The summed E-state index contributed by atoms with van der Waals surface area (Å²) in [4.78, 5) is 12.9. The number of unbranched alkanes of at least 4 members (excludes halogenated alkanes) is 22. The Morgan fingerprint density at radius 2 is 0.922 bits per heavy atom. The molecule has 0 bridgehead atoms. The molecule has 0 aromatic heterocycles. The lowest BCUT2D eigenvalue weighted by Crippen LogP contribution is -2.70. The molecule has 13 nitrogen and oxygen atoms in total. The van der Waals surface area contributed by atoms with Gasteiger partial charge in [-0.3, -0.25) is 9.53 Å². The first kappa shape index (κ1) is 46.2. The second-order valence-corrected chi connectivity index (χ2v) is 14.7. The van der Waals surface area contributed by atoms with Gasteiger partial charge in [0.15, 0.2) is 6.10 Å². The summed E-state index contributed by atoms with van der Waals surface area (Å²) in [6.45, 7) is -0.550. The fourth-order valence-electron chi connectivity index (χ4n) is 7.06. The van der Waals surface area contributed by atoms with Gasteiger partial charge in [0.05, 0.1) is 13.2 Å². The first-order valence-electron chi connectivity index (χ1n) is 20.1. The number of aliphatic hydroxyl groups excluding tert-OH is 8. The van der Waals surface area contributed by atoms with Crippen LogP contribution in [-0.4, -0.2) is 121 Å².